The Kier molecular flexibility index (Phi) is 2.91. The fourth-order valence-electron chi connectivity index (χ4n) is 1.66. The largest absolute Gasteiger partial charge is 0.497 e. The Labute approximate surface area is 97.4 Å². The number of aromatic nitrogens is 1. The van der Waals surface area contributed by atoms with E-state index < -0.39 is 0 Å². The van der Waals surface area contributed by atoms with Crippen LogP contribution in [0.15, 0.2) is 24.3 Å². The average Bonchev–Trinajstić information content (AvgIpc) is 2.27. The second-order valence-electron chi connectivity index (χ2n) is 3.44. The van der Waals surface area contributed by atoms with Crippen molar-refractivity contribution in [1.29, 1.82) is 0 Å². The van der Waals surface area contributed by atoms with Crippen molar-refractivity contribution in [2.24, 2.45) is 0 Å². The standard InChI is InChI=1S/C12H12BrNO/c1-8-5-9(7-13)11-6-10(15-2)3-4-12(11)14-8/h3-6H,7H2,1-2H3. The SMILES string of the molecule is COc1ccc2nc(C)cc(CBr)c2c1. The van der Waals surface area contributed by atoms with Gasteiger partial charge in [0.05, 0.1) is 12.6 Å². The van der Waals surface area contributed by atoms with Crippen molar-refractivity contribution in [3.8, 4) is 5.75 Å². The molecule has 2 aromatic rings. The summed E-state index contributed by atoms with van der Waals surface area (Å²) in [5.41, 5.74) is 3.31. The molecule has 0 aliphatic heterocycles. The third-order valence-electron chi connectivity index (χ3n) is 2.37. The number of aryl methyl sites for hydroxylation is 1. The molecule has 0 amide bonds. The van der Waals surface area contributed by atoms with Crippen molar-refractivity contribution in [2.75, 3.05) is 7.11 Å². The van der Waals surface area contributed by atoms with E-state index in [0.29, 0.717) is 0 Å². The Morgan fingerprint density at radius 2 is 2.13 bits per heavy atom. The summed E-state index contributed by atoms with van der Waals surface area (Å²) in [5, 5.41) is 1.98. The van der Waals surface area contributed by atoms with Crippen LogP contribution in [-0.4, -0.2) is 12.1 Å². The zero-order valence-corrected chi connectivity index (χ0v) is 10.3. The molecule has 0 N–H and O–H groups in total. The molecule has 3 heteroatoms. The fraction of sp³-hybridized carbons (Fsp3) is 0.250. The zero-order chi connectivity index (χ0) is 10.8. The molecule has 1 heterocycles. The molecule has 2 rings (SSSR count). The highest BCUT2D eigenvalue weighted by Crippen LogP contribution is 2.24. The number of pyridine rings is 1. The Balaban J connectivity index is 2.73. The molecule has 1 aromatic carbocycles. The lowest BCUT2D eigenvalue weighted by Crippen LogP contribution is -1.91. The van der Waals surface area contributed by atoms with Crippen molar-refractivity contribution in [3.63, 3.8) is 0 Å². The van der Waals surface area contributed by atoms with Crippen LogP contribution in [0.1, 0.15) is 11.3 Å². The summed E-state index contributed by atoms with van der Waals surface area (Å²) >= 11 is 3.49. The maximum atomic E-state index is 5.21. The molecule has 1 aromatic heterocycles. The number of ether oxygens (including phenoxy) is 1. The minimum absolute atomic E-state index is 0.833. The van der Waals surface area contributed by atoms with E-state index in [-0.39, 0.29) is 0 Å². The van der Waals surface area contributed by atoms with Crippen LogP contribution in [-0.2, 0) is 5.33 Å². The second kappa shape index (κ2) is 4.19. The molecule has 0 bridgehead atoms. The molecule has 2 nitrogen and oxygen atoms in total. The van der Waals surface area contributed by atoms with Gasteiger partial charge in [0, 0.05) is 16.4 Å². The van der Waals surface area contributed by atoms with Crippen molar-refractivity contribution < 1.29 is 4.74 Å². The van der Waals surface area contributed by atoms with Crippen LogP contribution < -0.4 is 4.74 Å². The number of rotatable bonds is 2. The third-order valence-corrected chi connectivity index (χ3v) is 2.98. The summed E-state index contributed by atoms with van der Waals surface area (Å²) in [6.45, 7) is 2.01. The highest BCUT2D eigenvalue weighted by atomic mass is 79.9. The quantitative estimate of drug-likeness (QED) is 0.777. The Bertz CT molecular complexity index is 496. The highest BCUT2D eigenvalue weighted by Gasteiger charge is 2.04. The van der Waals surface area contributed by atoms with Crippen molar-refractivity contribution >= 4 is 26.8 Å². The molecular weight excluding hydrogens is 254 g/mol. The van der Waals surface area contributed by atoms with Gasteiger partial charge in [-0.3, -0.25) is 4.98 Å². The monoisotopic (exact) mass is 265 g/mol. The lowest BCUT2D eigenvalue weighted by molar-refractivity contribution is 0.415. The number of alkyl halides is 1. The van der Waals surface area contributed by atoms with Gasteiger partial charge in [-0.2, -0.15) is 0 Å². The number of fused-ring (bicyclic) bond motifs is 1. The van der Waals surface area contributed by atoms with Crippen LogP contribution in [0, 0.1) is 6.92 Å². The zero-order valence-electron chi connectivity index (χ0n) is 8.75. The molecule has 0 radical (unpaired) electrons. The van der Waals surface area contributed by atoms with E-state index >= 15 is 0 Å². The first-order valence-corrected chi connectivity index (χ1v) is 5.87. The lowest BCUT2D eigenvalue weighted by Gasteiger charge is -2.07. The number of benzene rings is 1. The minimum Gasteiger partial charge on any atom is -0.497 e. The summed E-state index contributed by atoms with van der Waals surface area (Å²) in [4.78, 5) is 4.48. The molecule has 78 valence electrons. The van der Waals surface area contributed by atoms with Crippen LogP contribution in [0.3, 0.4) is 0 Å². The molecule has 0 atom stereocenters. The molecule has 15 heavy (non-hydrogen) atoms. The second-order valence-corrected chi connectivity index (χ2v) is 4.00. The molecule has 0 fully saturated rings. The summed E-state index contributed by atoms with van der Waals surface area (Å²) in [5.74, 6) is 0.871. The van der Waals surface area contributed by atoms with Gasteiger partial charge in [-0.15, -0.1) is 0 Å². The van der Waals surface area contributed by atoms with E-state index in [1.54, 1.807) is 7.11 Å². The van der Waals surface area contributed by atoms with Gasteiger partial charge in [-0.25, -0.2) is 0 Å². The fourth-order valence-corrected chi connectivity index (χ4v) is 2.12. The normalized spacial score (nSPS) is 10.6. The van der Waals surface area contributed by atoms with Crippen molar-refractivity contribution in [1.82, 2.24) is 4.98 Å². The van der Waals surface area contributed by atoms with Gasteiger partial charge in [0.15, 0.2) is 0 Å². The van der Waals surface area contributed by atoms with E-state index in [2.05, 4.69) is 27.0 Å². The molecule has 0 saturated heterocycles. The summed E-state index contributed by atoms with van der Waals surface area (Å²) in [6.07, 6.45) is 0. The van der Waals surface area contributed by atoms with Crippen LogP contribution in [0.2, 0.25) is 0 Å². The lowest BCUT2D eigenvalue weighted by atomic mass is 10.1. The summed E-state index contributed by atoms with van der Waals surface area (Å²) in [7, 11) is 1.68. The van der Waals surface area contributed by atoms with E-state index in [4.69, 9.17) is 4.74 Å². The Morgan fingerprint density at radius 1 is 1.33 bits per heavy atom. The Hall–Kier alpha value is -1.09. The maximum Gasteiger partial charge on any atom is 0.119 e. The van der Waals surface area contributed by atoms with E-state index in [9.17, 15) is 0 Å². The topological polar surface area (TPSA) is 22.1 Å². The van der Waals surface area contributed by atoms with Gasteiger partial charge in [0.1, 0.15) is 5.75 Å². The van der Waals surface area contributed by atoms with Gasteiger partial charge in [0.2, 0.25) is 0 Å². The number of halogens is 1. The smallest absolute Gasteiger partial charge is 0.119 e. The number of methoxy groups -OCH3 is 1. The molecular formula is C12H12BrNO. The number of hydrogen-bond acceptors (Lipinski definition) is 2. The first-order chi connectivity index (χ1) is 7.24. The van der Waals surface area contributed by atoms with Crippen molar-refractivity contribution in [2.45, 2.75) is 12.3 Å². The van der Waals surface area contributed by atoms with E-state index in [1.807, 2.05) is 25.1 Å². The molecule has 0 unspecified atom stereocenters. The molecule has 0 aliphatic rings. The van der Waals surface area contributed by atoms with E-state index in [1.165, 1.54) is 5.56 Å². The van der Waals surface area contributed by atoms with Gasteiger partial charge in [-0.1, -0.05) is 15.9 Å². The maximum absolute atomic E-state index is 5.21. The molecule has 0 aliphatic carbocycles. The van der Waals surface area contributed by atoms with Crippen molar-refractivity contribution in [3.05, 3.63) is 35.5 Å². The predicted octanol–water partition coefficient (Wildman–Crippen LogP) is 3.45. The van der Waals surface area contributed by atoms with Crippen LogP contribution >= 0.6 is 15.9 Å². The number of hydrogen-bond donors (Lipinski definition) is 0. The molecule has 0 saturated carbocycles. The van der Waals surface area contributed by atoms with Gasteiger partial charge >= 0.3 is 0 Å². The van der Waals surface area contributed by atoms with Crippen LogP contribution in [0.5, 0.6) is 5.75 Å². The Morgan fingerprint density at radius 3 is 2.80 bits per heavy atom. The van der Waals surface area contributed by atoms with Crippen LogP contribution in [0.4, 0.5) is 0 Å². The van der Waals surface area contributed by atoms with Gasteiger partial charge in [0.25, 0.3) is 0 Å². The predicted molar refractivity (Wildman–Crippen MR) is 65.7 cm³/mol. The first kappa shape index (κ1) is 10.4. The summed E-state index contributed by atoms with van der Waals surface area (Å²) < 4.78 is 5.21. The number of nitrogens with zero attached hydrogens (tertiary/aromatic N) is 1. The third kappa shape index (κ3) is 1.97. The van der Waals surface area contributed by atoms with E-state index in [0.717, 1.165) is 27.7 Å². The highest BCUT2D eigenvalue weighted by molar-refractivity contribution is 9.08. The van der Waals surface area contributed by atoms with Gasteiger partial charge < -0.3 is 4.74 Å². The summed E-state index contributed by atoms with van der Waals surface area (Å²) in [6, 6.07) is 8.05. The average molecular weight is 266 g/mol. The first-order valence-electron chi connectivity index (χ1n) is 4.75. The minimum atomic E-state index is 0.833. The molecule has 0 spiro atoms. The van der Waals surface area contributed by atoms with Crippen LogP contribution in [0.25, 0.3) is 10.9 Å². The van der Waals surface area contributed by atoms with Gasteiger partial charge in [-0.05, 0) is 36.8 Å².